The van der Waals surface area contributed by atoms with E-state index in [1.165, 1.54) is 51.8 Å². The molecular weight excluding hydrogens is 417 g/mol. The summed E-state index contributed by atoms with van der Waals surface area (Å²) in [6.07, 6.45) is 9.90. The maximum atomic E-state index is 12.0. The Morgan fingerprint density at radius 2 is 1.44 bits per heavy atom. The fourth-order valence-electron chi connectivity index (χ4n) is 3.10. The van der Waals surface area contributed by atoms with Crippen molar-refractivity contribution in [3.63, 3.8) is 0 Å². The van der Waals surface area contributed by atoms with Crippen LogP contribution in [0.25, 0.3) is 0 Å². The van der Waals surface area contributed by atoms with Crippen molar-refractivity contribution in [2.24, 2.45) is 0 Å². The fourth-order valence-corrected chi connectivity index (χ4v) is 17.7. The molecule has 0 aliphatic heterocycles. The van der Waals surface area contributed by atoms with Crippen LogP contribution >= 0.6 is 0 Å². The molecule has 0 fully saturated rings. The molecule has 0 aromatic heterocycles. The molecule has 0 saturated carbocycles. The van der Waals surface area contributed by atoms with Gasteiger partial charge in [-0.2, -0.15) is 0 Å². The Morgan fingerprint density at radius 3 is 1.80 bits per heavy atom. The van der Waals surface area contributed by atoms with E-state index < -0.39 is 24.0 Å². The first kappa shape index (κ1) is 24.8. The molecule has 0 bridgehead atoms. The molecule has 0 heterocycles. The number of hydrogen-bond acceptors (Lipinski definition) is 2. The van der Waals surface area contributed by atoms with Gasteiger partial charge in [0.2, 0.25) is 0 Å². The van der Waals surface area contributed by atoms with E-state index in [0.717, 1.165) is 0 Å². The second-order valence-corrected chi connectivity index (χ2v) is 21.5. The van der Waals surface area contributed by atoms with Gasteiger partial charge in [-0.25, -0.2) is 0 Å². The van der Waals surface area contributed by atoms with Gasteiger partial charge in [-0.3, -0.25) is 0 Å². The molecule has 3 nitrogen and oxygen atoms in total. The fraction of sp³-hybridized carbons (Fsp3) is 0.857. The summed E-state index contributed by atoms with van der Waals surface area (Å²) in [4.78, 5) is 12.0. The summed E-state index contributed by atoms with van der Waals surface area (Å²) in [5.74, 6) is 0. The van der Waals surface area contributed by atoms with Crippen LogP contribution in [0.3, 0.4) is 0 Å². The first-order chi connectivity index (χ1) is 11.7. The summed E-state index contributed by atoms with van der Waals surface area (Å²) in [5, 5.41) is 2.96. The molecule has 0 aromatic rings. The number of hydrogen-bond donors (Lipinski definition) is 1. The van der Waals surface area contributed by atoms with Crippen LogP contribution in [0.4, 0.5) is 4.79 Å². The van der Waals surface area contributed by atoms with Crippen LogP contribution in [0.2, 0.25) is 13.3 Å². The average Bonchev–Trinajstić information content (AvgIpc) is 2.51. The monoisotopic (exact) mass is 461 g/mol. The Hall–Kier alpha value is -0.191. The molecule has 0 saturated heterocycles. The number of unbranched alkanes of at least 4 members (excludes halogenated alkanes) is 3. The van der Waals surface area contributed by atoms with E-state index in [9.17, 15) is 4.79 Å². The van der Waals surface area contributed by atoms with Gasteiger partial charge in [-0.05, 0) is 0 Å². The van der Waals surface area contributed by atoms with E-state index in [2.05, 4.69) is 43.2 Å². The molecule has 25 heavy (non-hydrogen) atoms. The zero-order valence-electron chi connectivity index (χ0n) is 17.9. The topological polar surface area (TPSA) is 38.3 Å². The molecule has 1 amide bonds. The van der Waals surface area contributed by atoms with Crippen molar-refractivity contribution in [3.05, 3.63) is 10.2 Å². The third-order valence-electron chi connectivity index (χ3n) is 4.57. The average molecular weight is 460 g/mol. The number of rotatable bonds is 12. The summed E-state index contributed by atoms with van der Waals surface area (Å²) in [6.45, 7) is 14.6. The molecule has 0 aliphatic carbocycles. The van der Waals surface area contributed by atoms with Gasteiger partial charge in [0.05, 0.1) is 0 Å². The summed E-state index contributed by atoms with van der Waals surface area (Å²) in [6, 6.07) is 0.0378. The van der Waals surface area contributed by atoms with E-state index in [-0.39, 0.29) is 12.1 Å². The Kier molecular flexibility index (Phi) is 12.9. The van der Waals surface area contributed by atoms with E-state index in [0.29, 0.717) is 0 Å². The van der Waals surface area contributed by atoms with Gasteiger partial charge < -0.3 is 0 Å². The first-order valence-corrected chi connectivity index (χ1v) is 18.1. The Labute approximate surface area is 161 Å². The Bertz CT molecular complexity index is 366. The van der Waals surface area contributed by atoms with Gasteiger partial charge in [-0.1, -0.05) is 0 Å². The minimum atomic E-state index is -2.25. The standard InChI is InChI=1S/C9H16NO2.3C4H9.Sn/c1-6-7(2)10-8(11)12-9(3,4)5;3*1-3-4-2;/h1,6-7H,2-5H3,(H,10,11);3*1,3-4H2,2H3;/t7-;;;;/m0..../s1. The minimum absolute atomic E-state index is 0.0378. The normalized spacial score (nSPS) is 13.9. The molecule has 1 N–H and O–H groups in total. The van der Waals surface area contributed by atoms with Gasteiger partial charge in [-0.15, -0.1) is 0 Å². The SMILES string of the molecule is CCC[CH2][Sn](/[CH]=C/[C@H](C)NC(=O)OC(C)(C)C)([CH2]CCC)[CH2]CCC. The van der Waals surface area contributed by atoms with E-state index >= 15 is 0 Å². The maximum absolute atomic E-state index is 12.0. The molecule has 4 heteroatoms. The third kappa shape index (κ3) is 12.7. The van der Waals surface area contributed by atoms with E-state index in [1.54, 1.807) is 0 Å². The van der Waals surface area contributed by atoms with Gasteiger partial charge in [0.15, 0.2) is 0 Å². The van der Waals surface area contributed by atoms with Gasteiger partial charge in [0.1, 0.15) is 0 Å². The molecule has 1 atom stereocenters. The van der Waals surface area contributed by atoms with Crippen LogP contribution in [0.5, 0.6) is 0 Å². The van der Waals surface area contributed by atoms with Crippen LogP contribution in [-0.4, -0.2) is 36.1 Å². The van der Waals surface area contributed by atoms with E-state index in [4.69, 9.17) is 4.74 Å². The predicted molar refractivity (Wildman–Crippen MR) is 113 cm³/mol. The Balaban J connectivity index is 4.97. The second kappa shape index (κ2) is 13.0. The van der Waals surface area contributed by atoms with Crippen molar-refractivity contribution in [1.29, 1.82) is 0 Å². The molecular formula is C21H43NO2Sn. The summed E-state index contributed by atoms with van der Waals surface area (Å²) < 4.78 is 12.4. The molecule has 0 aromatic carbocycles. The van der Waals surface area contributed by atoms with Crippen molar-refractivity contribution >= 4 is 24.5 Å². The van der Waals surface area contributed by atoms with Crippen molar-refractivity contribution in [3.8, 4) is 0 Å². The van der Waals surface area contributed by atoms with Crippen molar-refractivity contribution in [2.75, 3.05) is 0 Å². The number of ether oxygens (including phenoxy) is 1. The number of carbonyl (C=O) groups excluding carboxylic acids is 1. The van der Waals surface area contributed by atoms with Crippen LogP contribution < -0.4 is 5.32 Å². The van der Waals surface area contributed by atoms with Crippen molar-refractivity contribution in [1.82, 2.24) is 5.32 Å². The molecule has 148 valence electrons. The summed E-state index contributed by atoms with van der Waals surface area (Å²) >= 11 is -2.25. The van der Waals surface area contributed by atoms with Crippen LogP contribution in [0.1, 0.15) is 87.0 Å². The van der Waals surface area contributed by atoms with Gasteiger partial charge in [0.25, 0.3) is 0 Å². The van der Waals surface area contributed by atoms with E-state index in [1.807, 2.05) is 20.8 Å². The number of amides is 1. The zero-order valence-corrected chi connectivity index (χ0v) is 20.8. The molecule has 0 rings (SSSR count). The second-order valence-electron chi connectivity index (χ2n) is 8.47. The zero-order chi connectivity index (χ0) is 19.3. The van der Waals surface area contributed by atoms with Gasteiger partial charge in [0, 0.05) is 0 Å². The first-order valence-electron chi connectivity index (χ1n) is 10.4. The van der Waals surface area contributed by atoms with Crippen molar-refractivity contribution in [2.45, 2.75) is 112 Å². The van der Waals surface area contributed by atoms with Crippen LogP contribution in [0, 0.1) is 0 Å². The Morgan fingerprint density at radius 1 is 1.00 bits per heavy atom. The number of carbonyl (C=O) groups is 1. The number of nitrogens with one attached hydrogen (secondary N) is 1. The van der Waals surface area contributed by atoms with Crippen molar-refractivity contribution < 1.29 is 9.53 Å². The molecule has 0 unspecified atom stereocenters. The molecule has 0 aliphatic rings. The molecule has 0 spiro atoms. The van der Waals surface area contributed by atoms with Crippen LogP contribution in [-0.2, 0) is 4.74 Å². The summed E-state index contributed by atoms with van der Waals surface area (Å²) in [7, 11) is 0. The quantitative estimate of drug-likeness (QED) is 0.324. The predicted octanol–water partition coefficient (Wildman–Crippen LogP) is 6.84. The third-order valence-corrected chi connectivity index (χ3v) is 18.7. The molecule has 0 radical (unpaired) electrons. The number of alkyl carbamates (subject to hydrolysis) is 1. The summed E-state index contributed by atoms with van der Waals surface area (Å²) in [5.41, 5.74) is -0.445. The van der Waals surface area contributed by atoms with Crippen LogP contribution in [0.15, 0.2) is 10.2 Å². The van der Waals surface area contributed by atoms with Gasteiger partial charge >= 0.3 is 161 Å².